The summed E-state index contributed by atoms with van der Waals surface area (Å²) in [6.45, 7) is 0. The highest BCUT2D eigenvalue weighted by molar-refractivity contribution is 7.23. The molecular weight excluding hydrogens is 617 g/mol. The number of allylic oxidation sites excluding steroid dienone is 8. The average Bonchev–Trinajstić information content (AvgIpc) is 3.94. The summed E-state index contributed by atoms with van der Waals surface area (Å²) in [6, 6.07) is 33.2. The fraction of sp³-hybridized carbons (Fsp3) is 0.0732. The highest BCUT2D eigenvalue weighted by Crippen LogP contribution is 2.41. The summed E-state index contributed by atoms with van der Waals surface area (Å²) < 4.78 is 0. The van der Waals surface area contributed by atoms with E-state index >= 15 is 0 Å². The minimum atomic E-state index is 0.488. The fourth-order valence-corrected chi connectivity index (χ4v) is 9.38. The second kappa shape index (κ2) is 11.6. The summed E-state index contributed by atoms with van der Waals surface area (Å²) in [5.74, 6) is 0.488. The Labute approximate surface area is 280 Å². The van der Waals surface area contributed by atoms with Crippen LogP contribution in [0.3, 0.4) is 0 Å². The third-order valence-electron chi connectivity index (χ3n) is 8.84. The van der Waals surface area contributed by atoms with E-state index in [1.54, 1.807) is 22.7 Å². The largest absolute Gasteiger partial charge is 0.244 e. The number of hydrogen-bond donors (Lipinski definition) is 0. The Hall–Kier alpha value is -4.68. The lowest BCUT2D eigenvalue weighted by Crippen LogP contribution is -1.91. The van der Waals surface area contributed by atoms with E-state index in [1.807, 2.05) is 23.7 Å². The van der Waals surface area contributed by atoms with Crippen LogP contribution in [0.2, 0.25) is 0 Å². The van der Waals surface area contributed by atoms with Gasteiger partial charge in [0.25, 0.3) is 0 Å². The molecule has 46 heavy (non-hydrogen) atoms. The van der Waals surface area contributed by atoms with E-state index in [4.69, 9.17) is 9.97 Å². The second-order valence-electron chi connectivity index (χ2n) is 11.8. The van der Waals surface area contributed by atoms with Crippen molar-refractivity contribution in [2.45, 2.75) is 18.8 Å². The lowest BCUT2D eigenvalue weighted by atomic mass is 9.99. The van der Waals surface area contributed by atoms with Gasteiger partial charge in [-0.2, -0.15) is 0 Å². The minimum Gasteiger partial charge on any atom is -0.244 e. The summed E-state index contributed by atoms with van der Waals surface area (Å²) in [7, 11) is 0. The lowest BCUT2D eigenvalue weighted by molar-refractivity contribution is 0.873. The molecule has 1 unspecified atom stereocenters. The zero-order valence-corrected chi connectivity index (χ0v) is 27.3. The molecule has 7 aromatic rings. The van der Waals surface area contributed by atoms with Crippen LogP contribution in [-0.2, 0) is 0 Å². The maximum absolute atomic E-state index is 4.84. The first kappa shape index (κ1) is 27.6. The zero-order valence-electron chi connectivity index (χ0n) is 24.9. The molecule has 1 atom stereocenters. The van der Waals surface area contributed by atoms with Crippen molar-refractivity contribution < 1.29 is 0 Å². The molecule has 3 heterocycles. The molecule has 0 radical (unpaired) electrons. The highest BCUT2D eigenvalue weighted by atomic mass is 32.1. The number of aromatic nitrogens is 2. The first-order chi connectivity index (χ1) is 22.7. The molecule has 0 saturated heterocycles. The van der Waals surface area contributed by atoms with Gasteiger partial charge in [0, 0.05) is 39.2 Å². The molecule has 4 aromatic carbocycles. The van der Waals surface area contributed by atoms with Gasteiger partial charge >= 0.3 is 0 Å². The topological polar surface area (TPSA) is 25.8 Å². The molecule has 3 aromatic heterocycles. The van der Waals surface area contributed by atoms with E-state index < -0.39 is 0 Å². The zero-order chi connectivity index (χ0) is 30.5. The Balaban J connectivity index is 0.948. The molecule has 0 amide bonds. The van der Waals surface area contributed by atoms with Crippen molar-refractivity contribution in [3.05, 3.63) is 155 Å². The van der Waals surface area contributed by atoms with Crippen molar-refractivity contribution in [3.63, 3.8) is 0 Å². The van der Waals surface area contributed by atoms with Gasteiger partial charge in [0.2, 0.25) is 0 Å². The van der Waals surface area contributed by atoms with Crippen LogP contribution in [0.15, 0.2) is 140 Å². The highest BCUT2D eigenvalue weighted by Gasteiger charge is 2.17. The van der Waals surface area contributed by atoms with Crippen LogP contribution in [0.5, 0.6) is 0 Å². The molecule has 0 fully saturated rings. The molecule has 9 rings (SSSR count). The van der Waals surface area contributed by atoms with Crippen LogP contribution in [0.25, 0.3) is 63.6 Å². The Morgan fingerprint density at radius 3 is 1.96 bits per heavy atom. The Morgan fingerprint density at radius 1 is 0.543 bits per heavy atom. The molecule has 0 aliphatic heterocycles. The number of hydrogen-bond acceptors (Lipinski definition) is 5. The van der Waals surface area contributed by atoms with Gasteiger partial charge in [-0.25, -0.2) is 9.97 Å². The van der Waals surface area contributed by atoms with Gasteiger partial charge in [-0.1, -0.05) is 91.1 Å². The number of rotatable bonds is 6. The van der Waals surface area contributed by atoms with Crippen molar-refractivity contribution in [1.29, 1.82) is 0 Å². The third-order valence-corrected chi connectivity index (χ3v) is 12.4. The van der Waals surface area contributed by atoms with E-state index in [2.05, 4.69) is 127 Å². The summed E-state index contributed by atoms with van der Waals surface area (Å²) in [4.78, 5) is 14.9. The van der Waals surface area contributed by atoms with E-state index in [0.29, 0.717) is 5.92 Å². The van der Waals surface area contributed by atoms with E-state index in [0.717, 1.165) is 28.4 Å². The number of thiophene rings is 1. The lowest BCUT2D eigenvalue weighted by Gasteiger charge is -2.09. The van der Waals surface area contributed by atoms with E-state index in [9.17, 15) is 0 Å². The number of nitrogens with zero attached hydrogens (tertiary/aromatic N) is 2. The monoisotopic (exact) mass is 644 g/mol. The van der Waals surface area contributed by atoms with Crippen LogP contribution >= 0.6 is 34.0 Å². The standard InChI is InChI=1S/C41H28N2S3/c1-3-7-26(8-4-1)28-11-14-31(19-28)38-24-42-40(45-38)32-15-12-29-21-35-23-33(16-13-30(35)20-34(29)22-32)41-43-25-39(46-41)37-18-17-36(44-37)27-9-5-2-6-10-27/h1-9,11-18,20-25,27H,10,19H2. The Kier molecular flexibility index (Phi) is 6.96. The summed E-state index contributed by atoms with van der Waals surface area (Å²) in [5, 5.41) is 7.06. The van der Waals surface area contributed by atoms with Crippen molar-refractivity contribution in [1.82, 2.24) is 9.97 Å². The van der Waals surface area contributed by atoms with Crippen molar-refractivity contribution in [2.75, 3.05) is 0 Å². The molecule has 0 spiro atoms. The van der Waals surface area contributed by atoms with Gasteiger partial charge in [-0.05, 0) is 87.5 Å². The van der Waals surface area contributed by atoms with Crippen molar-refractivity contribution in [3.8, 4) is 30.9 Å². The quantitative estimate of drug-likeness (QED) is 0.168. The molecule has 2 nitrogen and oxygen atoms in total. The summed E-state index contributed by atoms with van der Waals surface area (Å²) in [6.07, 6.45) is 19.4. The number of fused-ring (bicyclic) bond motifs is 2. The maximum Gasteiger partial charge on any atom is 0.123 e. The molecule has 5 heteroatoms. The second-order valence-corrected chi connectivity index (χ2v) is 15.0. The smallest absolute Gasteiger partial charge is 0.123 e. The normalized spacial score (nSPS) is 16.0. The molecule has 2 aliphatic carbocycles. The van der Waals surface area contributed by atoms with Crippen LogP contribution in [0, 0.1) is 0 Å². The van der Waals surface area contributed by atoms with Gasteiger partial charge in [0.05, 0.1) is 9.75 Å². The van der Waals surface area contributed by atoms with Gasteiger partial charge < -0.3 is 0 Å². The van der Waals surface area contributed by atoms with Crippen LogP contribution in [0.1, 0.15) is 34.1 Å². The van der Waals surface area contributed by atoms with Gasteiger partial charge in [-0.3, -0.25) is 0 Å². The summed E-state index contributed by atoms with van der Waals surface area (Å²) >= 11 is 5.44. The number of thiazole rings is 2. The van der Waals surface area contributed by atoms with Crippen LogP contribution < -0.4 is 0 Å². The first-order valence-corrected chi connectivity index (χ1v) is 18.0. The molecule has 0 saturated carbocycles. The predicted octanol–water partition coefficient (Wildman–Crippen LogP) is 12.4. The molecule has 0 N–H and O–H groups in total. The van der Waals surface area contributed by atoms with Gasteiger partial charge in [0.1, 0.15) is 10.0 Å². The average molecular weight is 645 g/mol. The molecule has 220 valence electrons. The Morgan fingerprint density at radius 2 is 1.24 bits per heavy atom. The fourth-order valence-electron chi connectivity index (χ4n) is 6.36. The van der Waals surface area contributed by atoms with Crippen molar-refractivity contribution >= 4 is 66.7 Å². The minimum absolute atomic E-state index is 0.488. The van der Waals surface area contributed by atoms with E-state index in [1.165, 1.54) is 63.3 Å². The van der Waals surface area contributed by atoms with Gasteiger partial charge in [0.15, 0.2) is 0 Å². The SMILES string of the molecule is C1=CCC(c2ccc(-c3cnc(-c4ccc5cc6cc(-c7ncc(C8=CC=C(c9ccccc9)C8)s7)ccc6cc5c4)s3)s2)C=C1. The third kappa shape index (κ3) is 5.21. The summed E-state index contributed by atoms with van der Waals surface area (Å²) in [5.41, 5.74) is 6.33. The maximum atomic E-state index is 4.84. The van der Waals surface area contributed by atoms with E-state index in [-0.39, 0.29) is 0 Å². The molecule has 2 aliphatic rings. The molecular formula is C41H28N2S3. The molecule has 0 bridgehead atoms. The first-order valence-electron chi connectivity index (χ1n) is 15.5. The number of benzene rings is 4. The van der Waals surface area contributed by atoms with Crippen molar-refractivity contribution in [2.24, 2.45) is 0 Å². The van der Waals surface area contributed by atoms with Crippen LogP contribution in [-0.4, -0.2) is 9.97 Å². The predicted molar refractivity (Wildman–Crippen MR) is 200 cm³/mol. The Bertz CT molecular complexity index is 2380. The van der Waals surface area contributed by atoms with Gasteiger partial charge in [-0.15, -0.1) is 34.0 Å². The van der Waals surface area contributed by atoms with Crippen LogP contribution in [0.4, 0.5) is 0 Å².